The van der Waals surface area contributed by atoms with E-state index in [0.29, 0.717) is 16.5 Å². The van der Waals surface area contributed by atoms with Gasteiger partial charge < -0.3 is 10.3 Å². The summed E-state index contributed by atoms with van der Waals surface area (Å²) in [6.07, 6.45) is 0. The van der Waals surface area contributed by atoms with Gasteiger partial charge in [-0.15, -0.1) is 0 Å². The third kappa shape index (κ3) is 1.53. The van der Waals surface area contributed by atoms with Crippen LogP contribution >= 0.6 is 11.6 Å². The van der Waals surface area contributed by atoms with Crippen molar-refractivity contribution in [3.8, 4) is 11.5 Å². The Balaban J connectivity index is 2.33. The van der Waals surface area contributed by atoms with Crippen LogP contribution in [-0.2, 0) is 6.54 Å². The van der Waals surface area contributed by atoms with Gasteiger partial charge in [-0.2, -0.15) is 0 Å². The highest BCUT2D eigenvalue weighted by Gasteiger charge is 2.18. The first-order chi connectivity index (χ1) is 8.70. The second-order valence-electron chi connectivity index (χ2n) is 3.81. The second-order valence-corrected chi connectivity index (χ2v) is 4.25. The maximum atomic E-state index is 6.00. The highest BCUT2D eigenvalue weighted by Crippen LogP contribution is 2.27. The summed E-state index contributed by atoms with van der Waals surface area (Å²) in [5.41, 5.74) is 7.91. The average Bonchev–Trinajstić information content (AvgIpc) is 2.91. The molecule has 0 aliphatic carbocycles. The van der Waals surface area contributed by atoms with Crippen molar-refractivity contribution in [1.82, 2.24) is 19.9 Å². The molecule has 0 atom stereocenters. The fourth-order valence-corrected chi connectivity index (χ4v) is 2.11. The fraction of sp³-hybridized carbons (Fsp3) is 0.182. The Bertz CT molecular complexity index is 717. The van der Waals surface area contributed by atoms with Crippen molar-refractivity contribution in [2.45, 2.75) is 13.5 Å². The summed E-state index contributed by atoms with van der Waals surface area (Å²) in [6.45, 7) is 2.73. The van der Waals surface area contributed by atoms with Crippen LogP contribution in [0, 0.1) is 0 Å². The van der Waals surface area contributed by atoms with E-state index in [0.717, 1.165) is 17.6 Å². The van der Waals surface area contributed by atoms with Crippen molar-refractivity contribution in [3.05, 3.63) is 23.2 Å². The first kappa shape index (κ1) is 11.0. The van der Waals surface area contributed by atoms with Crippen LogP contribution in [0.1, 0.15) is 6.92 Å². The Hall–Kier alpha value is -2.08. The van der Waals surface area contributed by atoms with E-state index in [1.807, 2.05) is 23.6 Å². The summed E-state index contributed by atoms with van der Waals surface area (Å²) in [5, 5.41) is 8.02. The first-order valence-corrected chi connectivity index (χ1v) is 5.82. The average molecular weight is 264 g/mol. The van der Waals surface area contributed by atoms with Crippen molar-refractivity contribution in [1.29, 1.82) is 0 Å². The molecule has 0 saturated carbocycles. The molecule has 0 radical (unpaired) electrons. The van der Waals surface area contributed by atoms with Crippen molar-refractivity contribution in [2.75, 3.05) is 5.73 Å². The fourth-order valence-electron chi connectivity index (χ4n) is 1.95. The maximum Gasteiger partial charge on any atom is 0.199 e. The number of aryl methyl sites for hydroxylation is 1. The number of rotatable bonds is 2. The van der Waals surface area contributed by atoms with E-state index in [9.17, 15) is 0 Å². The normalized spacial score (nSPS) is 11.2. The third-order valence-electron chi connectivity index (χ3n) is 2.75. The van der Waals surface area contributed by atoms with Crippen molar-refractivity contribution in [2.24, 2.45) is 0 Å². The van der Waals surface area contributed by atoms with Crippen LogP contribution in [-0.4, -0.2) is 19.9 Å². The summed E-state index contributed by atoms with van der Waals surface area (Å²) < 4.78 is 6.58. The van der Waals surface area contributed by atoms with Crippen molar-refractivity contribution >= 4 is 28.5 Å². The molecular weight excluding hydrogens is 254 g/mol. The molecular formula is C11H10ClN5O. The zero-order chi connectivity index (χ0) is 12.7. The molecule has 0 fully saturated rings. The lowest BCUT2D eigenvalue weighted by Crippen LogP contribution is -1.99. The number of imidazole rings is 1. The number of nitrogen functional groups attached to an aromatic ring is 1. The van der Waals surface area contributed by atoms with E-state index in [-0.39, 0.29) is 5.82 Å². The van der Waals surface area contributed by atoms with Crippen molar-refractivity contribution in [3.63, 3.8) is 0 Å². The number of hydrogen-bond acceptors (Lipinski definition) is 5. The molecule has 7 heteroatoms. The largest absolute Gasteiger partial charge is 0.379 e. The Morgan fingerprint density at radius 1 is 1.39 bits per heavy atom. The van der Waals surface area contributed by atoms with E-state index in [2.05, 4.69) is 19.9 Å². The van der Waals surface area contributed by atoms with Crippen LogP contribution in [0.4, 0.5) is 5.82 Å². The Morgan fingerprint density at radius 2 is 2.22 bits per heavy atom. The van der Waals surface area contributed by atoms with Gasteiger partial charge in [-0.3, -0.25) is 0 Å². The lowest BCUT2D eigenvalue weighted by Gasteiger charge is -2.03. The molecule has 0 amide bonds. The summed E-state index contributed by atoms with van der Waals surface area (Å²) in [6, 6.07) is 5.52. The van der Waals surface area contributed by atoms with Crippen LogP contribution in [0.5, 0.6) is 0 Å². The summed E-state index contributed by atoms with van der Waals surface area (Å²) >= 11 is 6.00. The van der Waals surface area contributed by atoms with Gasteiger partial charge in [0.15, 0.2) is 17.3 Å². The zero-order valence-corrected chi connectivity index (χ0v) is 10.3. The standard InChI is InChI=1S/C11H10ClN5O/c1-2-17-8-5-6(12)3-4-7(8)14-11(17)9-10(13)16-18-15-9/h3-5H,2H2,1H3,(H2,13,16). The molecule has 0 spiro atoms. The molecule has 0 bridgehead atoms. The molecule has 18 heavy (non-hydrogen) atoms. The van der Waals surface area contributed by atoms with Crippen molar-refractivity contribution < 1.29 is 4.63 Å². The summed E-state index contributed by atoms with van der Waals surface area (Å²) in [7, 11) is 0. The molecule has 0 saturated heterocycles. The van der Waals surface area contributed by atoms with E-state index in [4.69, 9.17) is 17.3 Å². The van der Waals surface area contributed by atoms with E-state index in [1.54, 1.807) is 6.07 Å². The van der Waals surface area contributed by atoms with E-state index >= 15 is 0 Å². The molecule has 0 aliphatic rings. The van der Waals surface area contributed by atoms with Crippen LogP contribution < -0.4 is 5.73 Å². The minimum atomic E-state index is 0.228. The van der Waals surface area contributed by atoms with Gasteiger partial charge in [0.05, 0.1) is 11.0 Å². The lowest BCUT2D eigenvalue weighted by molar-refractivity contribution is 0.310. The van der Waals surface area contributed by atoms with Gasteiger partial charge in [0, 0.05) is 11.6 Å². The van der Waals surface area contributed by atoms with Gasteiger partial charge in [-0.05, 0) is 35.4 Å². The molecule has 92 valence electrons. The number of anilines is 1. The smallest absolute Gasteiger partial charge is 0.199 e. The SMILES string of the molecule is CCn1c(-c2nonc2N)nc2ccc(Cl)cc21. The van der Waals surface area contributed by atoms with Gasteiger partial charge in [0.1, 0.15) is 0 Å². The molecule has 1 aromatic carbocycles. The maximum absolute atomic E-state index is 6.00. The molecule has 0 unspecified atom stereocenters. The Kier molecular flexibility index (Phi) is 2.45. The first-order valence-electron chi connectivity index (χ1n) is 5.45. The lowest BCUT2D eigenvalue weighted by atomic mass is 10.3. The van der Waals surface area contributed by atoms with Gasteiger partial charge >= 0.3 is 0 Å². The second kappa shape index (κ2) is 3.99. The number of benzene rings is 1. The molecule has 2 aromatic heterocycles. The van der Waals surface area contributed by atoms with Gasteiger partial charge in [-0.1, -0.05) is 11.6 Å². The number of nitrogens with zero attached hydrogens (tertiary/aromatic N) is 4. The predicted molar refractivity (Wildman–Crippen MR) is 68.1 cm³/mol. The van der Waals surface area contributed by atoms with Crippen LogP contribution in [0.25, 0.3) is 22.6 Å². The van der Waals surface area contributed by atoms with Crippen LogP contribution in [0.3, 0.4) is 0 Å². The highest BCUT2D eigenvalue weighted by molar-refractivity contribution is 6.31. The summed E-state index contributed by atoms with van der Waals surface area (Å²) in [5.74, 6) is 0.861. The van der Waals surface area contributed by atoms with E-state index in [1.165, 1.54) is 0 Å². The molecule has 3 aromatic rings. The topological polar surface area (TPSA) is 82.8 Å². The minimum absolute atomic E-state index is 0.228. The number of nitrogens with two attached hydrogens (primary N) is 1. The molecule has 3 rings (SSSR count). The number of aromatic nitrogens is 4. The van der Waals surface area contributed by atoms with Crippen LogP contribution in [0.2, 0.25) is 5.02 Å². The highest BCUT2D eigenvalue weighted by atomic mass is 35.5. The Morgan fingerprint density at radius 3 is 2.89 bits per heavy atom. The number of halogens is 1. The van der Waals surface area contributed by atoms with E-state index < -0.39 is 0 Å². The third-order valence-corrected chi connectivity index (χ3v) is 2.99. The van der Waals surface area contributed by atoms with Gasteiger partial charge in [-0.25, -0.2) is 9.61 Å². The van der Waals surface area contributed by atoms with Crippen LogP contribution in [0.15, 0.2) is 22.8 Å². The molecule has 0 aliphatic heterocycles. The number of hydrogen-bond donors (Lipinski definition) is 1. The Labute approximate surface area is 107 Å². The zero-order valence-electron chi connectivity index (χ0n) is 9.59. The molecule has 6 nitrogen and oxygen atoms in total. The quantitative estimate of drug-likeness (QED) is 0.767. The van der Waals surface area contributed by atoms with Gasteiger partial charge in [0.2, 0.25) is 0 Å². The molecule has 2 heterocycles. The summed E-state index contributed by atoms with van der Waals surface area (Å²) in [4.78, 5) is 4.49. The van der Waals surface area contributed by atoms with Gasteiger partial charge in [0.25, 0.3) is 0 Å². The monoisotopic (exact) mass is 263 g/mol. The number of fused-ring (bicyclic) bond motifs is 1. The predicted octanol–water partition coefficient (Wildman–Crippen LogP) is 2.34. The molecule has 2 N–H and O–H groups in total. The minimum Gasteiger partial charge on any atom is -0.379 e.